The molecule has 0 aliphatic carbocycles. The molecule has 4 amide bonds. The van der Waals surface area contributed by atoms with Crippen LogP contribution in [0.25, 0.3) is 11.8 Å². The maximum atomic E-state index is 13.2. The number of carbonyl (C=O) groups is 3. The number of nitro benzene ring substituents is 1. The standard InChI is InChI=1S/C23H18BrN5O5/c1-12-9-15(7-8-20(12)24)27-22(31)19(21(30)25-23(27)32)11-18-13(2)26-28(14(18)3)16-5-4-6-17(10-16)29(33)34/h4-11H,1-3H3,(H,25,30,32)/b19-11+. The lowest BCUT2D eigenvalue weighted by Gasteiger charge is -2.26. The molecule has 1 aliphatic heterocycles. The van der Waals surface area contributed by atoms with E-state index in [0.717, 1.165) is 14.9 Å². The van der Waals surface area contributed by atoms with Gasteiger partial charge in [-0.2, -0.15) is 5.10 Å². The van der Waals surface area contributed by atoms with Crippen molar-refractivity contribution < 1.29 is 19.3 Å². The van der Waals surface area contributed by atoms with Gasteiger partial charge in [0.15, 0.2) is 0 Å². The van der Waals surface area contributed by atoms with Gasteiger partial charge in [-0.15, -0.1) is 0 Å². The smallest absolute Gasteiger partial charge is 0.273 e. The monoisotopic (exact) mass is 523 g/mol. The molecule has 4 rings (SSSR count). The first-order valence-electron chi connectivity index (χ1n) is 10.1. The zero-order chi connectivity index (χ0) is 24.7. The molecular formula is C23H18BrN5O5. The molecule has 0 bridgehead atoms. The second-order valence-electron chi connectivity index (χ2n) is 7.66. The zero-order valence-electron chi connectivity index (χ0n) is 18.3. The molecule has 34 heavy (non-hydrogen) atoms. The highest BCUT2D eigenvalue weighted by molar-refractivity contribution is 9.10. The normalized spacial score (nSPS) is 15.1. The molecule has 1 fully saturated rings. The predicted molar refractivity (Wildman–Crippen MR) is 128 cm³/mol. The number of nitro groups is 1. The fourth-order valence-electron chi connectivity index (χ4n) is 3.66. The van der Waals surface area contributed by atoms with Gasteiger partial charge >= 0.3 is 6.03 Å². The van der Waals surface area contributed by atoms with E-state index < -0.39 is 22.8 Å². The van der Waals surface area contributed by atoms with Gasteiger partial charge in [0.2, 0.25) is 0 Å². The molecule has 11 heteroatoms. The first-order valence-corrected chi connectivity index (χ1v) is 10.9. The molecule has 0 atom stereocenters. The van der Waals surface area contributed by atoms with Crippen LogP contribution in [0.1, 0.15) is 22.5 Å². The molecule has 1 aromatic heterocycles. The molecule has 0 spiro atoms. The first kappa shape index (κ1) is 23.1. The maximum absolute atomic E-state index is 13.2. The highest BCUT2D eigenvalue weighted by atomic mass is 79.9. The number of carbonyl (C=O) groups excluding carboxylic acids is 3. The Labute approximate surface area is 202 Å². The number of imide groups is 2. The molecule has 172 valence electrons. The second kappa shape index (κ2) is 8.67. The van der Waals surface area contributed by atoms with E-state index in [1.54, 1.807) is 44.2 Å². The van der Waals surface area contributed by atoms with Crippen molar-refractivity contribution in [1.82, 2.24) is 15.1 Å². The molecule has 0 unspecified atom stereocenters. The van der Waals surface area contributed by atoms with Gasteiger partial charge in [-0.25, -0.2) is 14.4 Å². The van der Waals surface area contributed by atoms with Crippen LogP contribution >= 0.6 is 15.9 Å². The van der Waals surface area contributed by atoms with Gasteiger partial charge in [0.25, 0.3) is 17.5 Å². The minimum atomic E-state index is -0.838. The molecule has 1 saturated heterocycles. The van der Waals surface area contributed by atoms with Crippen molar-refractivity contribution >= 4 is 51.2 Å². The lowest BCUT2D eigenvalue weighted by atomic mass is 10.1. The number of urea groups is 1. The van der Waals surface area contributed by atoms with Crippen molar-refractivity contribution in [2.75, 3.05) is 4.90 Å². The van der Waals surface area contributed by atoms with E-state index in [1.165, 1.54) is 22.9 Å². The van der Waals surface area contributed by atoms with Gasteiger partial charge in [0.05, 0.1) is 22.0 Å². The van der Waals surface area contributed by atoms with Crippen LogP contribution in [-0.4, -0.2) is 32.5 Å². The average molecular weight is 524 g/mol. The summed E-state index contributed by atoms with van der Waals surface area (Å²) in [6.45, 7) is 5.23. The minimum Gasteiger partial charge on any atom is -0.273 e. The molecular weight excluding hydrogens is 506 g/mol. The van der Waals surface area contributed by atoms with E-state index in [0.29, 0.717) is 28.3 Å². The van der Waals surface area contributed by atoms with Crippen molar-refractivity contribution in [1.29, 1.82) is 0 Å². The van der Waals surface area contributed by atoms with E-state index in [1.807, 2.05) is 6.92 Å². The second-order valence-corrected chi connectivity index (χ2v) is 8.52. The number of amides is 4. The van der Waals surface area contributed by atoms with Crippen LogP contribution in [0.15, 0.2) is 52.5 Å². The number of rotatable bonds is 4. The fourth-order valence-corrected chi connectivity index (χ4v) is 3.90. The average Bonchev–Trinajstić information content (AvgIpc) is 3.07. The first-order chi connectivity index (χ1) is 16.1. The summed E-state index contributed by atoms with van der Waals surface area (Å²) in [5, 5.41) is 17.8. The van der Waals surface area contributed by atoms with E-state index in [9.17, 15) is 24.5 Å². The molecule has 0 radical (unpaired) electrons. The van der Waals surface area contributed by atoms with Crippen LogP contribution in [0.4, 0.5) is 16.2 Å². The highest BCUT2D eigenvalue weighted by Crippen LogP contribution is 2.28. The fraction of sp³-hybridized carbons (Fsp3) is 0.130. The van der Waals surface area contributed by atoms with E-state index in [2.05, 4.69) is 26.3 Å². The minimum absolute atomic E-state index is 0.0919. The van der Waals surface area contributed by atoms with Crippen molar-refractivity contribution in [3.63, 3.8) is 0 Å². The summed E-state index contributed by atoms with van der Waals surface area (Å²) in [6.07, 6.45) is 1.38. The number of aromatic nitrogens is 2. The lowest BCUT2D eigenvalue weighted by molar-refractivity contribution is -0.384. The molecule has 1 N–H and O–H groups in total. The molecule has 3 aromatic rings. The maximum Gasteiger partial charge on any atom is 0.335 e. The Bertz CT molecular complexity index is 1430. The SMILES string of the molecule is Cc1cc(N2C(=O)NC(=O)/C(=C\c3c(C)nn(-c4cccc([N+](=O)[O-])c4)c3C)C2=O)ccc1Br. The number of benzene rings is 2. The third-order valence-electron chi connectivity index (χ3n) is 5.42. The Hall–Kier alpha value is -4.12. The Kier molecular flexibility index (Phi) is 5.88. The summed E-state index contributed by atoms with van der Waals surface area (Å²) in [6, 6.07) is 10.1. The lowest BCUT2D eigenvalue weighted by Crippen LogP contribution is -2.54. The number of halogens is 1. The molecule has 10 nitrogen and oxygen atoms in total. The van der Waals surface area contributed by atoms with Crippen molar-refractivity contribution in [3.05, 3.63) is 85.1 Å². The van der Waals surface area contributed by atoms with Crippen LogP contribution in [0, 0.1) is 30.9 Å². The third kappa shape index (κ3) is 4.01. The van der Waals surface area contributed by atoms with Gasteiger partial charge in [0, 0.05) is 27.9 Å². The third-order valence-corrected chi connectivity index (χ3v) is 6.31. The quantitative estimate of drug-likeness (QED) is 0.237. The summed E-state index contributed by atoms with van der Waals surface area (Å²) in [4.78, 5) is 49.8. The summed E-state index contributed by atoms with van der Waals surface area (Å²) in [5.74, 6) is -1.58. The van der Waals surface area contributed by atoms with E-state index in [4.69, 9.17) is 0 Å². The number of anilines is 1. The number of nitrogens with one attached hydrogen (secondary N) is 1. The Balaban J connectivity index is 1.77. The number of nitrogens with zero attached hydrogens (tertiary/aromatic N) is 4. The van der Waals surface area contributed by atoms with Gasteiger partial charge in [-0.1, -0.05) is 22.0 Å². The van der Waals surface area contributed by atoms with Crippen LogP contribution in [0.3, 0.4) is 0 Å². The molecule has 0 saturated carbocycles. The number of non-ortho nitro benzene ring substituents is 1. The van der Waals surface area contributed by atoms with Crippen LogP contribution < -0.4 is 10.2 Å². The zero-order valence-corrected chi connectivity index (χ0v) is 19.9. The van der Waals surface area contributed by atoms with Gasteiger partial charge in [-0.05, 0) is 56.7 Å². The number of hydrogen-bond acceptors (Lipinski definition) is 6. The van der Waals surface area contributed by atoms with Gasteiger partial charge < -0.3 is 0 Å². The summed E-state index contributed by atoms with van der Waals surface area (Å²) < 4.78 is 2.31. The Morgan fingerprint density at radius 2 is 1.79 bits per heavy atom. The summed E-state index contributed by atoms with van der Waals surface area (Å²) in [5.41, 5.74) is 2.82. The molecule has 2 aromatic carbocycles. The van der Waals surface area contributed by atoms with Crippen molar-refractivity contribution in [2.45, 2.75) is 20.8 Å². The number of hydrogen-bond donors (Lipinski definition) is 1. The topological polar surface area (TPSA) is 127 Å². The molecule has 2 heterocycles. The van der Waals surface area contributed by atoms with Crippen molar-refractivity contribution in [3.8, 4) is 5.69 Å². The molecule has 1 aliphatic rings. The van der Waals surface area contributed by atoms with Gasteiger partial charge in [0.1, 0.15) is 5.57 Å². The predicted octanol–water partition coefficient (Wildman–Crippen LogP) is 4.13. The largest absolute Gasteiger partial charge is 0.335 e. The van der Waals surface area contributed by atoms with E-state index in [-0.39, 0.29) is 11.3 Å². The van der Waals surface area contributed by atoms with Crippen LogP contribution in [-0.2, 0) is 9.59 Å². The Morgan fingerprint density at radius 3 is 2.47 bits per heavy atom. The van der Waals surface area contributed by atoms with Crippen molar-refractivity contribution in [2.24, 2.45) is 0 Å². The summed E-state index contributed by atoms with van der Waals surface area (Å²) >= 11 is 3.38. The number of barbiturate groups is 1. The van der Waals surface area contributed by atoms with E-state index >= 15 is 0 Å². The Morgan fingerprint density at radius 1 is 1.06 bits per heavy atom. The highest BCUT2D eigenvalue weighted by Gasteiger charge is 2.37. The van der Waals surface area contributed by atoms with Crippen LogP contribution in [0.2, 0.25) is 0 Å². The number of aryl methyl sites for hydroxylation is 2. The summed E-state index contributed by atoms with van der Waals surface area (Å²) in [7, 11) is 0. The van der Waals surface area contributed by atoms with Crippen LogP contribution in [0.5, 0.6) is 0 Å². The van der Waals surface area contributed by atoms with Gasteiger partial charge in [-0.3, -0.25) is 25.0 Å².